The highest BCUT2D eigenvalue weighted by molar-refractivity contribution is 4.71. The van der Waals surface area contributed by atoms with Gasteiger partial charge in [0.25, 0.3) is 0 Å². The lowest BCUT2D eigenvalue weighted by atomic mass is 9.85. The molecule has 0 amide bonds. The molecule has 14 heavy (non-hydrogen) atoms. The SMILES string of the molecule is CCCCCCCCNCC1CCC1. The molecule has 0 atom stereocenters. The van der Waals surface area contributed by atoms with Crippen molar-refractivity contribution < 1.29 is 0 Å². The summed E-state index contributed by atoms with van der Waals surface area (Å²) in [5.74, 6) is 1.02. The standard InChI is InChI=1S/C13H27N/c1-2-3-4-5-6-7-11-14-12-13-9-8-10-13/h13-14H,2-12H2,1H3. The van der Waals surface area contributed by atoms with Crippen molar-refractivity contribution in [2.75, 3.05) is 13.1 Å². The van der Waals surface area contributed by atoms with Gasteiger partial charge in [0.05, 0.1) is 0 Å². The number of rotatable bonds is 9. The van der Waals surface area contributed by atoms with Gasteiger partial charge in [0.15, 0.2) is 0 Å². The topological polar surface area (TPSA) is 12.0 Å². The molecule has 1 rings (SSSR count). The van der Waals surface area contributed by atoms with Crippen molar-refractivity contribution in [2.24, 2.45) is 5.92 Å². The zero-order valence-corrected chi connectivity index (χ0v) is 9.86. The maximum atomic E-state index is 3.58. The summed E-state index contributed by atoms with van der Waals surface area (Å²) < 4.78 is 0. The molecule has 0 aromatic heterocycles. The molecule has 1 nitrogen and oxygen atoms in total. The summed E-state index contributed by atoms with van der Waals surface area (Å²) in [5.41, 5.74) is 0. The third kappa shape index (κ3) is 5.64. The molecule has 1 aliphatic carbocycles. The van der Waals surface area contributed by atoms with Gasteiger partial charge in [-0.05, 0) is 38.3 Å². The van der Waals surface area contributed by atoms with Gasteiger partial charge in [0.2, 0.25) is 0 Å². The second kappa shape index (κ2) is 8.28. The fraction of sp³-hybridized carbons (Fsp3) is 1.00. The minimum atomic E-state index is 1.02. The molecule has 1 N–H and O–H groups in total. The summed E-state index contributed by atoms with van der Waals surface area (Å²) in [4.78, 5) is 0. The van der Waals surface area contributed by atoms with Crippen LogP contribution in [0.1, 0.15) is 64.7 Å². The quantitative estimate of drug-likeness (QED) is 0.555. The Morgan fingerprint density at radius 3 is 2.36 bits per heavy atom. The van der Waals surface area contributed by atoms with Crippen molar-refractivity contribution in [3.05, 3.63) is 0 Å². The van der Waals surface area contributed by atoms with E-state index in [1.165, 1.54) is 70.9 Å². The highest BCUT2D eigenvalue weighted by Gasteiger charge is 2.15. The largest absolute Gasteiger partial charge is 0.316 e. The molecular formula is C13H27N. The van der Waals surface area contributed by atoms with Crippen LogP contribution >= 0.6 is 0 Å². The molecule has 0 heterocycles. The van der Waals surface area contributed by atoms with E-state index in [2.05, 4.69) is 12.2 Å². The molecule has 0 aromatic carbocycles. The van der Waals surface area contributed by atoms with Gasteiger partial charge in [-0.1, -0.05) is 45.4 Å². The van der Waals surface area contributed by atoms with E-state index in [0.29, 0.717) is 0 Å². The van der Waals surface area contributed by atoms with Crippen LogP contribution in [0.5, 0.6) is 0 Å². The summed E-state index contributed by atoms with van der Waals surface area (Å²) in [6.07, 6.45) is 12.9. The normalized spacial score (nSPS) is 16.9. The summed E-state index contributed by atoms with van der Waals surface area (Å²) in [5, 5.41) is 3.58. The molecule has 0 bridgehead atoms. The van der Waals surface area contributed by atoms with E-state index < -0.39 is 0 Å². The fourth-order valence-electron chi connectivity index (χ4n) is 2.03. The molecule has 0 unspecified atom stereocenters. The molecular weight excluding hydrogens is 170 g/mol. The molecule has 1 saturated carbocycles. The van der Waals surface area contributed by atoms with Crippen LogP contribution in [-0.2, 0) is 0 Å². The van der Waals surface area contributed by atoms with Crippen molar-refractivity contribution in [3.8, 4) is 0 Å². The fourth-order valence-corrected chi connectivity index (χ4v) is 2.03. The predicted octanol–water partition coefficient (Wildman–Crippen LogP) is 3.74. The molecule has 0 aliphatic heterocycles. The van der Waals surface area contributed by atoms with Crippen LogP contribution in [0.15, 0.2) is 0 Å². The lowest BCUT2D eigenvalue weighted by Gasteiger charge is -2.25. The van der Waals surface area contributed by atoms with Gasteiger partial charge in [0.1, 0.15) is 0 Å². The molecule has 0 spiro atoms. The van der Waals surface area contributed by atoms with Crippen LogP contribution in [0.25, 0.3) is 0 Å². The van der Waals surface area contributed by atoms with Crippen LogP contribution < -0.4 is 5.32 Å². The second-order valence-electron chi connectivity index (χ2n) is 4.77. The van der Waals surface area contributed by atoms with Gasteiger partial charge in [0, 0.05) is 0 Å². The Labute approximate surface area is 89.7 Å². The first-order valence-corrected chi connectivity index (χ1v) is 6.64. The first kappa shape index (κ1) is 12.0. The van der Waals surface area contributed by atoms with Gasteiger partial charge in [-0.2, -0.15) is 0 Å². The number of hydrogen-bond acceptors (Lipinski definition) is 1. The Kier molecular flexibility index (Phi) is 7.12. The van der Waals surface area contributed by atoms with Crippen molar-refractivity contribution in [3.63, 3.8) is 0 Å². The minimum absolute atomic E-state index is 1.02. The molecule has 1 heteroatoms. The molecule has 1 fully saturated rings. The lowest BCUT2D eigenvalue weighted by molar-refractivity contribution is 0.301. The van der Waals surface area contributed by atoms with E-state index in [1.807, 2.05) is 0 Å². The van der Waals surface area contributed by atoms with E-state index in [1.54, 1.807) is 0 Å². The third-order valence-electron chi connectivity index (χ3n) is 3.36. The van der Waals surface area contributed by atoms with E-state index in [9.17, 15) is 0 Å². The van der Waals surface area contributed by atoms with Crippen molar-refractivity contribution >= 4 is 0 Å². The van der Waals surface area contributed by atoms with Crippen LogP contribution in [0, 0.1) is 5.92 Å². The first-order chi connectivity index (χ1) is 6.93. The Hall–Kier alpha value is -0.0400. The van der Waals surface area contributed by atoms with Crippen molar-refractivity contribution in [1.82, 2.24) is 5.32 Å². The molecule has 0 aromatic rings. The third-order valence-corrected chi connectivity index (χ3v) is 3.36. The monoisotopic (exact) mass is 197 g/mol. The lowest BCUT2D eigenvalue weighted by Crippen LogP contribution is -2.27. The maximum Gasteiger partial charge on any atom is -0.00205 e. The average Bonchev–Trinajstić information content (AvgIpc) is 2.13. The molecule has 84 valence electrons. The van der Waals surface area contributed by atoms with E-state index >= 15 is 0 Å². The summed E-state index contributed by atoms with van der Waals surface area (Å²) in [7, 11) is 0. The van der Waals surface area contributed by atoms with Gasteiger partial charge in [-0.15, -0.1) is 0 Å². The smallest absolute Gasteiger partial charge is 0.00205 e. The summed E-state index contributed by atoms with van der Waals surface area (Å²) >= 11 is 0. The van der Waals surface area contributed by atoms with Crippen LogP contribution in [0.3, 0.4) is 0 Å². The van der Waals surface area contributed by atoms with Gasteiger partial charge in [-0.3, -0.25) is 0 Å². The summed E-state index contributed by atoms with van der Waals surface area (Å²) in [6.45, 7) is 4.82. The van der Waals surface area contributed by atoms with Crippen LogP contribution in [-0.4, -0.2) is 13.1 Å². The molecule has 0 saturated heterocycles. The van der Waals surface area contributed by atoms with Crippen LogP contribution in [0.2, 0.25) is 0 Å². The Bertz CT molecular complexity index is 118. The minimum Gasteiger partial charge on any atom is -0.316 e. The summed E-state index contributed by atoms with van der Waals surface area (Å²) in [6, 6.07) is 0. The number of nitrogens with one attached hydrogen (secondary N) is 1. The van der Waals surface area contributed by atoms with Gasteiger partial charge >= 0.3 is 0 Å². The zero-order chi connectivity index (χ0) is 10.1. The first-order valence-electron chi connectivity index (χ1n) is 6.64. The Morgan fingerprint density at radius 1 is 1.00 bits per heavy atom. The molecule has 0 radical (unpaired) electrons. The highest BCUT2D eigenvalue weighted by Crippen LogP contribution is 2.25. The van der Waals surface area contributed by atoms with Crippen molar-refractivity contribution in [1.29, 1.82) is 0 Å². The Balaban J connectivity index is 1.67. The number of hydrogen-bond donors (Lipinski definition) is 1. The van der Waals surface area contributed by atoms with Crippen molar-refractivity contribution in [2.45, 2.75) is 64.7 Å². The molecule has 1 aliphatic rings. The van der Waals surface area contributed by atoms with E-state index in [0.717, 1.165) is 5.92 Å². The maximum absolute atomic E-state index is 3.58. The second-order valence-corrected chi connectivity index (χ2v) is 4.77. The predicted molar refractivity (Wildman–Crippen MR) is 63.6 cm³/mol. The van der Waals surface area contributed by atoms with Crippen LogP contribution in [0.4, 0.5) is 0 Å². The zero-order valence-electron chi connectivity index (χ0n) is 9.86. The highest BCUT2D eigenvalue weighted by atomic mass is 14.9. The number of unbranched alkanes of at least 4 members (excludes halogenated alkanes) is 5. The Morgan fingerprint density at radius 2 is 1.71 bits per heavy atom. The van der Waals surface area contributed by atoms with Gasteiger partial charge < -0.3 is 5.32 Å². The van der Waals surface area contributed by atoms with Gasteiger partial charge in [-0.25, -0.2) is 0 Å². The average molecular weight is 197 g/mol. The van der Waals surface area contributed by atoms with E-state index in [4.69, 9.17) is 0 Å². The van der Waals surface area contributed by atoms with E-state index in [-0.39, 0.29) is 0 Å².